The average Bonchev–Trinajstić information content (AvgIpc) is 2.56. The lowest BCUT2D eigenvalue weighted by Gasteiger charge is -2.08. The van der Waals surface area contributed by atoms with Crippen molar-refractivity contribution in [2.45, 2.75) is 13.1 Å². The predicted octanol–water partition coefficient (Wildman–Crippen LogP) is 3.56. The van der Waals surface area contributed by atoms with Crippen LogP contribution in [-0.2, 0) is 13.1 Å². The maximum Gasteiger partial charge on any atom is 0.349 e. The molecule has 0 radical (unpaired) electrons. The summed E-state index contributed by atoms with van der Waals surface area (Å²) in [6.45, 7) is 1.08. The van der Waals surface area contributed by atoms with Crippen LogP contribution < -0.4 is 11.0 Å². The second-order valence-electron chi connectivity index (χ2n) is 5.19. The van der Waals surface area contributed by atoms with Crippen LogP contribution in [-0.4, -0.2) is 9.55 Å². The summed E-state index contributed by atoms with van der Waals surface area (Å²) in [6.07, 6.45) is 1.74. The van der Waals surface area contributed by atoms with Crippen LogP contribution in [0.4, 0.5) is 5.82 Å². The van der Waals surface area contributed by atoms with Crippen LogP contribution >= 0.6 is 11.6 Å². The van der Waals surface area contributed by atoms with Crippen LogP contribution in [0.2, 0.25) is 5.02 Å². The van der Waals surface area contributed by atoms with Crippen molar-refractivity contribution in [3.05, 3.63) is 93.5 Å². The van der Waals surface area contributed by atoms with E-state index in [2.05, 4.69) is 10.3 Å². The van der Waals surface area contributed by atoms with Crippen molar-refractivity contribution in [1.82, 2.24) is 9.55 Å². The highest BCUT2D eigenvalue weighted by atomic mass is 35.5. The SMILES string of the molecule is O=c1nc(NCc2ccccc2)ccn1Cc1cccc(Cl)c1. The monoisotopic (exact) mass is 325 g/mol. The summed E-state index contributed by atoms with van der Waals surface area (Å²) < 4.78 is 1.55. The van der Waals surface area contributed by atoms with E-state index in [9.17, 15) is 4.79 Å². The fourth-order valence-electron chi connectivity index (χ4n) is 2.27. The van der Waals surface area contributed by atoms with E-state index in [1.54, 1.807) is 16.8 Å². The molecule has 2 aromatic carbocycles. The largest absolute Gasteiger partial charge is 0.366 e. The lowest BCUT2D eigenvalue weighted by atomic mass is 10.2. The second-order valence-corrected chi connectivity index (χ2v) is 5.63. The van der Waals surface area contributed by atoms with Crippen molar-refractivity contribution in [3.63, 3.8) is 0 Å². The van der Waals surface area contributed by atoms with E-state index >= 15 is 0 Å². The molecule has 3 aromatic rings. The molecule has 5 heteroatoms. The Labute approximate surface area is 139 Å². The molecule has 1 aromatic heterocycles. The van der Waals surface area contributed by atoms with Gasteiger partial charge in [-0.2, -0.15) is 4.98 Å². The minimum absolute atomic E-state index is 0.289. The molecule has 0 aliphatic rings. The standard InChI is InChI=1S/C18H16ClN3O/c19-16-8-4-7-15(11-16)13-22-10-9-17(21-18(22)23)20-12-14-5-2-1-3-6-14/h1-11H,12-13H2,(H,20,21,23). The average molecular weight is 326 g/mol. The predicted molar refractivity (Wildman–Crippen MR) is 92.8 cm³/mol. The van der Waals surface area contributed by atoms with Crippen molar-refractivity contribution < 1.29 is 0 Å². The van der Waals surface area contributed by atoms with Crippen LogP contribution in [0.25, 0.3) is 0 Å². The van der Waals surface area contributed by atoms with Crippen molar-refractivity contribution in [3.8, 4) is 0 Å². The van der Waals surface area contributed by atoms with E-state index in [1.807, 2.05) is 54.6 Å². The molecule has 0 fully saturated rings. The quantitative estimate of drug-likeness (QED) is 0.780. The van der Waals surface area contributed by atoms with Gasteiger partial charge in [-0.15, -0.1) is 0 Å². The Morgan fingerprint density at radius 3 is 2.52 bits per heavy atom. The highest BCUT2D eigenvalue weighted by Gasteiger charge is 2.02. The first-order valence-corrected chi connectivity index (χ1v) is 7.68. The van der Waals surface area contributed by atoms with Gasteiger partial charge >= 0.3 is 5.69 Å². The second kappa shape index (κ2) is 7.11. The zero-order chi connectivity index (χ0) is 16.1. The summed E-state index contributed by atoms with van der Waals surface area (Å²) in [4.78, 5) is 16.2. The lowest BCUT2D eigenvalue weighted by Crippen LogP contribution is -2.23. The molecule has 0 aliphatic carbocycles. The highest BCUT2D eigenvalue weighted by molar-refractivity contribution is 6.30. The zero-order valence-corrected chi connectivity index (χ0v) is 13.2. The third-order valence-electron chi connectivity index (χ3n) is 3.43. The van der Waals surface area contributed by atoms with Crippen molar-refractivity contribution in [2.24, 2.45) is 0 Å². The number of benzene rings is 2. The van der Waals surface area contributed by atoms with Crippen LogP contribution in [0.1, 0.15) is 11.1 Å². The minimum Gasteiger partial charge on any atom is -0.366 e. The van der Waals surface area contributed by atoms with Crippen molar-refractivity contribution in [2.75, 3.05) is 5.32 Å². The van der Waals surface area contributed by atoms with Gasteiger partial charge in [-0.05, 0) is 29.3 Å². The third kappa shape index (κ3) is 4.20. The van der Waals surface area contributed by atoms with Crippen LogP contribution in [0.15, 0.2) is 71.7 Å². The van der Waals surface area contributed by atoms with Gasteiger partial charge in [-0.3, -0.25) is 4.57 Å². The molecule has 0 saturated heterocycles. The summed E-state index contributed by atoms with van der Waals surface area (Å²) in [5, 5.41) is 3.81. The number of aromatic nitrogens is 2. The Morgan fingerprint density at radius 2 is 1.78 bits per heavy atom. The third-order valence-corrected chi connectivity index (χ3v) is 3.67. The number of anilines is 1. The lowest BCUT2D eigenvalue weighted by molar-refractivity contribution is 0.727. The first-order chi connectivity index (χ1) is 11.2. The summed E-state index contributed by atoms with van der Waals surface area (Å²) in [5.74, 6) is 0.571. The molecule has 4 nitrogen and oxygen atoms in total. The zero-order valence-electron chi connectivity index (χ0n) is 12.4. The van der Waals surface area contributed by atoms with Gasteiger partial charge in [0.2, 0.25) is 0 Å². The molecule has 0 bridgehead atoms. The summed E-state index contributed by atoms with van der Waals surface area (Å²) in [6, 6.07) is 19.2. The fraction of sp³-hybridized carbons (Fsp3) is 0.111. The number of rotatable bonds is 5. The molecule has 0 aliphatic heterocycles. The number of halogens is 1. The summed E-state index contributed by atoms with van der Waals surface area (Å²) in [7, 11) is 0. The molecule has 1 N–H and O–H groups in total. The molecule has 1 heterocycles. The topological polar surface area (TPSA) is 46.9 Å². The normalized spacial score (nSPS) is 10.5. The van der Waals surface area contributed by atoms with Gasteiger partial charge in [0.25, 0.3) is 0 Å². The number of hydrogen-bond acceptors (Lipinski definition) is 3. The molecule has 0 spiro atoms. The molecule has 0 unspecified atom stereocenters. The minimum atomic E-state index is -0.289. The van der Waals surface area contributed by atoms with E-state index in [-0.39, 0.29) is 5.69 Å². The summed E-state index contributed by atoms with van der Waals surface area (Å²) in [5.41, 5.74) is 1.81. The Hall–Kier alpha value is -2.59. The van der Waals surface area contributed by atoms with Gasteiger partial charge in [0.05, 0.1) is 6.54 Å². The molecule has 3 rings (SSSR count). The number of nitrogens with one attached hydrogen (secondary N) is 1. The van der Waals surface area contributed by atoms with Gasteiger partial charge in [0.1, 0.15) is 5.82 Å². The van der Waals surface area contributed by atoms with E-state index in [0.29, 0.717) is 23.9 Å². The highest BCUT2D eigenvalue weighted by Crippen LogP contribution is 2.11. The van der Waals surface area contributed by atoms with Crippen molar-refractivity contribution >= 4 is 17.4 Å². The smallest absolute Gasteiger partial charge is 0.349 e. The van der Waals surface area contributed by atoms with E-state index in [0.717, 1.165) is 11.1 Å². The maximum atomic E-state index is 12.1. The fourth-order valence-corrected chi connectivity index (χ4v) is 2.48. The molecule has 116 valence electrons. The number of nitrogens with zero attached hydrogens (tertiary/aromatic N) is 2. The van der Waals surface area contributed by atoms with Crippen LogP contribution in [0.5, 0.6) is 0 Å². The van der Waals surface area contributed by atoms with E-state index in [1.165, 1.54) is 0 Å². The number of hydrogen-bond donors (Lipinski definition) is 1. The molecule has 0 saturated carbocycles. The Bertz CT molecular complexity index is 846. The first-order valence-electron chi connectivity index (χ1n) is 7.30. The Kier molecular flexibility index (Phi) is 4.74. The maximum absolute atomic E-state index is 12.1. The van der Waals surface area contributed by atoms with Gasteiger partial charge in [-0.25, -0.2) is 4.79 Å². The summed E-state index contributed by atoms with van der Waals surface area (Å²) >= 11 is 5.96. The molecule has 0 amide bonds. The van der Waals surface area contributed by atoms with E-state index < -0.39 is 0 Å². The van der Waals surface area contributed by atoms with Gasteiger partial charge in [0.15, 0.2) is 0 Å². The van der Waals surface area contributed by atoms with Gasteiger partial charge in [0, 0.05) is 17.8 Å². The van der Waals surface area contributed by atoms with E-state index in [4.69, 9.17) is 11.6 Å². The van der Waals surface area contributed by atoms with Gasteiger partial charge < -0.3 is 5.32 Å². The molecular formula is C18H16ClN3O. The first kappa shape index (κ1) is 15.3. The van der Waals surface area contributed by atoms with Crippen LogP contribution in [0, 0.1) is 0 Å². The van der Waals surface area contributed by atoms with Crippen molar-refractivity contribution in [1.29, 1.82) is 0 Å². The van der Waals surface area contributed by atoms with Gasteiger partial charge in [-0.1, -0.05) is 54.1 Å². The molecule has 0 atom stereocenters. The Morgan fingerprint density at radius 1 is 1.00 bits per heavy atom. The molecular weight excluding hydrogens is 310 g/mol. The Balaban J connectivity index is 1.69. The molecule has 23 heavy (non-hydrogen) atoms. The van der Waals surface area contributed by atoms with Crippen LogP contribution in [0.3, 0.4) is 0 Å².